The van der Waals surface area contributed by atoms with Crippen molar-refractivity contribution >= 4 is 23.0 Å². The lowest BCUT2D eigenvalue weighted by molar-refractivity contribution is 0.102. The van der Waals surface area contributed by atoms with Crippen LogP contribution >= 0.6 is 0 Å². The summed E-state index contributed by atoms with van der Waals surface area (Å²) in [5, 5.41) is 5.44. The summed E-state index contributed by atoms with van der Waals surface area (Å²) in [5.41, 5.74) is 2.92. The zero-order valence-corrected chi connectivity index (χ0v) is 14.3. The fourth-order valence-corrected chi connectivity index (χ4v) is 2.53. The van der Waals surface area contributed by atoms with Crippen molar-refractivity contribution in [2.75, 3.05) is 10.6 Å². The van der Waals surface area contributed by atoms with Crippen LogP contribution in [0.5, 0.6) is 0 Å². The molecule has 6 heteroatoms. The average Bonchev–Trinajstić information content (AvgIpc) is 2.61. The fraction of sp³-hybridized carbons (Fsp3) is 0.100. The lowest BCUT2D eigenvalue weighted by atomic mass is 10.1. The van der Waals surface area contributed by atoms with E-state index in [1.54, 1.807) is 0 Å². The molecule has 0 fully saturated rings. The molecule has 0 bridgehead atoms. The quantitative estimate of drug-likeness (QED) is 0.696. The third-order valence-corrected chi connectivity index (χ3v) is 3.85. The maximum Gasteiger partial charge on any atom is 0.274 e. The Balaban J connectivity index is 1.81. The van der Waals surface area contributed by atoms with Gasteiger partial charge in [-0.25, -0.2) is 8.78 Å². The molecule has 0 saturated heterocycles. The van der Waals surface area contributed by atoms with Crippen molar-refractivity contribution in [3.05, 3.63) is 83.2 Å². The van der Waals surface area contributed by atoms with Gasteiger partial charge in [-0.2, -0.15) is 0 Å². The van der Waals surface area contributed by atoms with Gasteiger partial charge in [0.05, 0.1) is 0 Å². The van der Waals surface area contributed by atoms with Crippen LogP contribution in [0.4, 0.5) is 25.8 Å². The van der Waals surface area contributed by atoms with Crippen LogP contribution in [0.15, 0.2) is 54.7 Å². The summed E-state index contributed by atoms with van der Waals surface area (Å²) in [4.78, 5) is 16.5. The van der Waals surface area contributed by atoms with Gasteiger partial charge in [0.15, 0.2) is 0 Å². The number of carbonyl (C=O) groups excluding carboxylic acids is 1. The van der Waals surface area contributed by atoms with Crippen molar-refractivity contribution in [1.29, 1.82) is 0 Å². The second-order valence-electron chi connectivity index (χ2n) is 5.92. The number of nitrogens with zero attached hydrogens (tertiary/aromatic N) is 1. The van der Waals surface area contributed by atoms with Gasteiger partial charge >= 0.3 is 0 Å². The Morgan fingerprint density at radius 1 is 1.00 bits per heavy atom. The van der Waals surface area contributed by atoms with E-state index >= 15 is 0 Å². The first kappa shape index (κ1) is 17.5. The third-order valence-electron chi connectivity index (χ3n) is 3.85. The first-order valence-electron chi connectivity index (χ1n) is 8.00. The number of aryl methyl sites for hydroxylation is 2. The van der Waals surface area contributed by atoms with E-state index < -0.39 is 17.5 Å². The molecule has 0 aliphatic carbocycles. The smallest absolute Gasteiger partial charge is 0.274 e. The second-order valence-corrected chi connectivity index (χ2v) is 5.92. The number of benzene rings is 2. The first-order valence-corrected chi connectivity index (χ1v) is 8.00. The van der Waals surface area contributed by atoms with Gasteiger partial charge in [0.25, 0.3) is 5.91 Å². The Morgan fingerprint density at radius 2 is 1.73 bits per heavy atom. The number of anilines is 3. The summed E-state index contributed by atoms with van der Waals surface area (Å²) in [6.07, 6.45) is 1.40. The van der Waals surface area contributed by atoms with Gasteiger partial charge in [0.2, 0.25) is 0 Å². The van der Waals surface area contributed by atoms with E-state index in [0.717, 1.165) is 23.3 Å². The zero-order chi connectivity index (χ0) is 18.7. The minimum atomic E-state index is -0.719. The predicted molar refractivity (Wildman–Crippen MR) is 97.7 cm³/mol. The van der Waals surface area contributed by atoms with Crippen LogP contribution in [0.2, 0.25) is 0 Å². The molecular weight excluding hydrogens is 336 g/mol. The van der Waals surface area contributed by atoms with Crippen molar-refractivity contribution in [1.82, 2.24) is 4.98 Å². The molecule has 0 aliphatic heterocycles. The van der Waals surface area contributed by atoms with Crippen LogP contribution in [0.25, 0.3) is 0 Å². The normalized spacial score (nSPS) is 10.5. The third kappa shape index (κ3) is 3.85. The number of nitrogens with one attached hydrogen (secondary N) is 2. The van der Waals surface area contributed by atoms with Crippen LogP contribution in [0.1, 0.15) is 21.6 Å². The number of pyridine rings is 1. The summed E-state index contributed by atoms with van der Waals surface area (Å²) in [7, 11) is 0. The Hall–Kier alpha value is -3.28. The highest BCUT2D eigenvalue weighted by atomic mass is 19.1. The van der Waals surface area contributed by atoms with E-state index in [-0.39, 0.29) is 11.4 Å². The van der Waals surface area contributed by atoms with E-state index in [1.165, 1.54) is 24.4 Å². The molecule has 0 spiro atoms. The number of para-hydroxylation sites is 1. The summed E-state index contributed by atoms with van der Waals surface area (Å²) in [6, 6.07) is 12.2. The number of aromatic nitrogens is 1. The minimum Gasteiger partial charge on any atom is -0.351 e. The second kappa shape index (κ2) is 7.31. The maximum absolute atomic E-state index is 13.8. The number of hydrogen-bond acceptors (Lipinski definition) is 3. The Labute approximate surface area is 149 Å². The molecule has 0 radical (unpaired) electrons. The van der Waals surface area contributed by atoms with Crippen LogP contribution in [0, 0.1) is 25.5 Å². The molecular formula is C20H17F2N3O. The standard InChI is InChI=1S/C20H17F2N3O/c1-12-6-7-17(13(2)10-12)25-20(26)18-11-14(8-9-23-18)24-19-15(21)4-3-5-16(19)22/h3-11H,1-2H3,(H,23,24)(H,25,26). The van der Waals surface area contributed by atoms with E-state index in [1.807, 2.05) is 32.0 Å². The van der Waals surface area contributed by atoms with Gasteiger partial charge in [0, 0.05) is 17.6 Å². The zero-order valence-electron chi connectivity index (χ0n) is 14.3. The van der Waals surface area contributed by atoms with E-state index in [9.17, 15) is 13.6 Å². The topological polar surface area (TPSA) is 54.0 Å². The molecule has 1 amide bonds. The SMILES string of the molecule is Cc1ccc(NC(=O)c2cc(Nc3c(F)cccc3F)ccn2)c(C)c1. The van der Waals surface area contributed by atoms with Crippen molar-refractivity contribution in [3.8, 4) is 0 Å². The van der Waals surface area contributed by atoms with Gasteiger partial charge in [-0.3, -0.25) is 9.78 Å². The molecule has 2 N–H and O–H groups in total. The molecule has 3 rings (SSSR count). The van der Waals surface area contributed by atoms with Crippen molar-refractivity contribution in [3.63, 3.8) is 0 Å². The number of carbonyl (C=O) groups is 1. The molecule has 2 aromatic carbocycles. The molecule has 1 aromatic heterocycles. The molecule has 132 valence electrons. The van der Waals surface area contributed by atoms with Gasteiger partial charge in [-0.05, 0) is 49.7 Å². The van der Waals surface area contributed by atoms with Crippen molar-refractivity contribution in [2.24, 2.45) is 0 Å². The summed E-state index contributed by atoms with van der Waals surface area (Å²) >= 11 is 0. The highest BCUT2D eigenvalue weighted by Crippen LogP contribution is 2.23. The molecule has 0 atom stereocenters. The van der Waals surface area contributed by atoms with E-state index in [4.69, 9.17) is 0 Å². The maximum atomic E-state index is 13.8. The molecule has 1 heterocycles. The molecule has 3 aromatic rings. The number of amides is 1. The number of hydrogen-bond donors (Lipinski definition) is 2. The Morgan fingerprint density at radius 3 is 2.42 bits per heavy atom. The van der Waals surface area contributed by atoms with Crippen LogP contribution in [-0.4, -0.2) is 10.9 Å². The highest BCUT2D eigenvalue weighted by molar-refractivity contribution is 6.03. The fourth-order valence-electron chi connectivity index (χ4n) is 2.53. The van der Waals surface area contributed by atoms with Crippen LogP contribution in [-0.2, 0) is 0 Å². The lowest BCUT2D eigenvalue weighted by Crippen LogP contribution is -2.14. The van der Waals surface area contributed by atoms with Gasteiger partial charge in [-0.15, -0.1) is 0 Å². The predicted octanol–water partition coefficient (Wildman–Crippen LogP) is 4.97. The van der Waals surface area contributed by atoms with Crippen LogP contribution in [0.3, 0.4) is 0 Å². The summed E-state index contributed by atoms with van der Waals surface area (Å²) in [5.74, 6) is -1.85. The summed E-state index contributed by atoms with van der Waals surface area (Å²) < 4.78 is 27.5. The number of halogens is 2. The Bertz CT molecular complexity index is 953. The van der Waals surface area contributed by atoms with Gasteiger partial charge < -0.3 is 10.6 Å². The van der Waals surface area contributed by atoms with Gasteiger partial charge in [-0.1, -0.05) is 23.8 Å². The van der Waals surface area contributed by atoms with Gasteiger partial charge in [0.1, 0.15) is 23.0 Å². The number of rotatable bonds is 4. The molecule has 0 saturated carbocycles. The van der Waals surface area contributed by atoms with E-state index in [0.29, 0.717) is 11.4 Å². The van der Waals surface area contributed by atoms with Crippen LogP contribution < -0.4 is 10.6 Å². The van der Waals surface area contributed by atoms with E-state index in [2.05, 4.69) is 15.6 Å². The average molecular weight is 353 g/mol. The molecule has 0 unspecified atom stereocenters. The highest BCUT2D eigenvalue weighted by Gasteiger charge is 2.12. The minimum absolute atomic E-state index is 0.131. The molecule has 0 aliphatic rings. The molecule has 4 nitrogen and oxygen atoms in total. The summed E-state index contributed by atoms with van der Waals surface area (Å²) in [6.45, 7) is 3.87. The Kier molecular flexibility index (Phi) is 4.93. The monoisotopic (exact) mass is 353 g/mol. The first-order chi connectivity index (χ1) is 12.4. The lowest BCUT2D eigenvalue weighted by Gasteiger charge is -2.11. The largest absolute Gasteiger partial charge is 0.351 e. The van der Waals surface area contributed by atoms with Crippen molar-refractivity contribution < 1.29 is 13.6 Å². The van der Waals surface area contributed by atoms with Crippen molar-refractivity contribution in [2.45, 2.75) is 13.8 Å². The molecule has 26 heavy (non-hydrogen) atoms.